The number of carbonyl (C=O) groups is 1. The van der Waals surface area contributed by atoms with Gasteiger partial charge >= 0.3 is 0 Å². The van der Waals surface area contributed by atoms with E-state index >= 15 is 0 Å². The number of rotatable bonds is 6. The van der Waals surface area contributed by atoms with Gasteiger partial charge in [0.05, 0.1) is 7.11 Å². The summed E-state index contributed by atoms with van der Waals surface area (Å²) in [4.78, 5) is 18.7. The summed E-state index contributed by atoms with van der Waals surface area (Å²) in [6, 6.07) is 19.5. The van der Waals surface area contributed by atoms with Gasteiger partial charge in [-0.2, -0.15) is 0 Å². The van der Waals surface area contributed by atoms with Crippen LogP contribution in [-0.2, 0) is 6.61 Å². The minimum Gasteiger partial charge on any atom is -0.488 e. The molecule has 0 N–H and O–H groups in total. The Morgan fingerprint density at radius 1 is 1.00 bits per heavy atom. The van der Waals surface area contributed by atoms with E-state index in [2.05, 4.69) is 4.98 Å². The van der Waals surface area contributed by atoms with Crippen molar-refractivity contribution < 1.29 is 14.3 Å². The van der Waals surface area contributed by atoms with Gasteiger partial charge in [-0.15, -0.1) is 0 Å². The Labute approximate surface area is 177 Å². The lowest BCUT2D eigenvalue weighted by molar-refractivity contribution is 0.0724. The largest absolute Gasteiger partial charge is 0.488 e. The van der Waals surface area contributed by atoms with E-state index in [4.69, 9.17) is 9.47 Å². The topological polar surface area (TPSA) is 51.7 Å². The van der Waals surface area contributed by atoms with Crippen molar-refractivity contribution in [2.75, 3.05) is 20.2 Å². The molecular weight excluding hydrogens is 376 g/mol. The highest BCUT2D eigenvalue weighted by Gasteiger charge is 2.18. The number of ether oxygens (including phenoxy) is 2. The van der Waals surface area contributed by atoms with Gasteiger partial charge in [0.15, 0.2) is 0 Å². The number of para-hydroxylation sites is 1. The van der Waals surface area contributed by atoms with Gasteiger partial charge in [-0.1, -0.05) is 30.3 Å². The van der Waals surface area contributed by atoms with Gasteiger partial charge < -0.3 is 14.4 Å². The van der Waals surface area contributed by atoms with Gasteiger partial charge in [0.2, 0.25) is 5.88 Å². The van der Waals surface area contributed by atoms with Crippen molar-refractivity contribution in [1.82, 2.24) is 9.88 Å². The van der Waals surface area contributed by atoms with E-state index in [1.54, 1.807) is 13.3 Å². The van der Waals surface area contributed by atoms with Crippen LogP contribution in [0, 0.1) is 0 Å². The zero-order valence-corrected chi connectivity index (χ0v) is 17.2. The number of amides is 1. The van der Waals surface area contributed by atoms with Crippen molar-refractivity contribution in [3.05, 3.63) is 78.0 Å². The summed E-state index contributed by atoms with van der Waals surface area (Å²) in [6.07, 6.45) is 5.14. The van der Waals surface area contributed by atoms with Gasteiger partial charge in [0.25, 0.3) is 5.91 Å². The molecule has 0 radical (unpaired) electrons. The number of nitrogens with zero attached hydrogens (tertiary/aromatic N) is 2. The molecule has 1 amide bonds. The maximum atomic E-state index is 12.6. The molecule has 1 aromatic heterocycles. The Morgan fingerprint density at radius 2 is 1.77 bits per heavy atom. The van der Waals surface area contributed by atoms with Crippen LogP contribution in [-0.4, -0.2) is 36.0 Å². The van der Waals surface area contributed by atoms with E-state index in [0.717, 1.165) is 53.9 Å². The van der Waals surface area contributed by atoms with Crippen LogP contribution in [0.5, 0.6) is 11.6 Å². The quantitative estimate of drug-likeness (QED) is 0.585. The summed E-state index contributed by atoms with van der Waals surface area (Å²) >= 11 is 0. The molecule has 30 heavy (non-hydrogen) atoms. The molecule has 1 saturated heterocycles. The third-order valence-corrected chi connectivity index (χ3v) is 5.38. The molecule has 2 heterocycles. The summed E-state index contributed by atoms with van der Waals surface area (Å²) < 4.78 is 11.3. The fourth-order valence-corrected chi connectivity index (χ4v) is 3.70. The van der Waals surface area contributed by atoms with Crippen LogP contribution in [0.3, 0.4) is 0 Å². The standard InChI is InChI=1S/C25H26N2O3/c1-29-24-17-21(13-14-26-24)22-7-3-4-8-23(22)30-18-19-9-11-20(12-10-19)25(28)27-15-5-2-6-16-27/h3-4,7-14,17H,2,5-6,15-16,18H2,1H3. The minimum atomic E-state index is 0.124. The monoisotopic (exact) mass is 402 g/mol. The molecule has 0 saturated carbocycles. The number of likely N-dealkylation sites (tertiary alicyclic amines) is 1. The first-order chi connectivity index (χ1) is 14.7. The molecule has 4 rings (SSSR count). The highest BCUT2D eigenvalue weighted by atomic mass is 16.5. The van der Waals surface area contributed by atoms with E-state index < -0.39 is 0 Å². The number of pyridine rings is 1. The van der Waals surface area contributed by atoms with Crippen LogP contribution in [0.2, 0.25) is 0 Å². The number of aromatic nitrogens is 1. The SMILES string of the molecule is COc1cc(-c2ccccc2OCc2ccc(C(=O)N3CCCCC3)cc2)ccn1. The molecule has 1 aliphatic rings. The Morgan fingerprint density at radius 3 is 2.53 bits per heavy atom. The third kappa shape index (κ3) is 4.62. The first-order valence-electron chi connectivity index (χ1n) is 10.3. The highest BCUT2D eigenvalue weighted by molar-refractivity contribution is 5.94. The lowest BCUT2D eigenvalue weighted by atomic mass is 10.1. The van der Waals surface area contributed by atoms with E-state index in [1.165, 1.54) is 6.42 Å². The molecule has 0 aliphatic carbocycles. The Hall–Kier alpha value is -3.34. The van der Waals surface area contributed by atoms with Crippen LogP contribution in [0.25, 0.3) is 11.1 Å². The van der Waals surface area contributed by atoms with E-state index in [9.17, 15) is 4.79 Å². The maximum absolute atomic E-state index is 12.6. The fraction of sp³-hybridized carbons (Fsp3) is 0.280. The molecule has 0 unspecified atom stereocenters. The van der Waals surface area contributed by atoms with Crippen molar-refractivity contribution in [2.24, 2.45) is 0 Å². The fourth-order valence-electron chi connectivity index (χ4n) is 3.70. The van der Waals surface area contributed by atoms with Crippen LogP contribution in [0.15, 0.2) is 66.9 Å². The van der Waals surface area contributed by atoms with Gasteiger partial charge in [0.1, 0.15) is 12.4 Å². The molecule has 3 aromatic rings. The van der Waals surface area contributed by atoms with Gasteiger partial charge in [0, 0.05) is 36.5 Å². The van der Waals surface area contributed by atoms with E-state index in [1.807, 2.05) is 65.6 Å². The second kappa shape index (κ2) is 9.44. The molecule has 1 fully saturated rings. The lowest BCUT2D eigenvalue weighted by Gasteiger charge is -2.26. The molecular formula is C25H26N2O3. The second-order valence-electron chi connectivity index (χ2n) is 7.42. The summed E-state index contributed by atoms with van der Waals surface area (Å²) in [5.41, 5.74) is 3.73. The number of piperidine rings is 1. The maximum Gasteiger partial charge on any atom is 0.253 e. The summed E-state index contributed by atoms with van der Waals surface area (Å²) in [5, 5.41) is 0. The number of benzene rings is 2. The zero-order valence-electron chi connectivity index (χ0n) is 17.2. The first kappa shape index (κ1) is 20.0. The Bertz CT molecular complexity index is 995. The number of methoxy groups -OCH3 is 1. The normalized spacial score (nSPS) is 13.7. The second-order valence-corrected chi connectivity index (χ2v) is 7.42. The Balaban J connectivity index is 1.44. The smallest absolute Gasteiger partial charge is 0.253 e. The van der Waals surface area contributed by atoms with Crippen molar-refractivity contribution >= 4 is 5.91 Å². The van der Waals surface area contributed by atoms with Crippen molar-refractivity contribution in [2.45, 2.75) is 25.9 Å². The van der Waals surface area contributed by atoms with Crippen LogP contribution in [0.4, 0.5) is 0 Å². The van der Waals surface area contributed by atoms with Gasteiger partial charge in [-0.25, -0.2) is 4.98 Å². The first-order valence-corrected chi connectivity index (χ1v) is 10.3. The summed E-state index contributed by atoms with van der Waals surface area (Å²) in [7, 11) is 1.61. The summed E-state index contributed by atoms with van der Waals surface area (Å²) in [5.74, 6) is 1.48. The summed E-state index contributed by atoms with van der Waals surface area (Å²) in [6.45, 7) is 2.15. The average molecular weight is 402 g/mol. The Kier molecular flexibility index (Phi) is 6.28. The molecule has 5 heteroatoms. The van der Waals surface area contributed by atoms with Crippen molar-refractivity contribution in [1.29, 1.82) is 0 Å². The van der Waals surface area contributed by atoms with E-state index in [-0.39, 0.29) is 5.91 Å². The van der Waals surface area contributed by atoms with Crippen LogP contribution in [0.1, 0.15) is 35.2 Å². The van der Waals surface area contributed by atoms with Crippen LogP contribution < -0.4 is 9.47 Å². The molecule has 0 atom stereocenters. The minimum absolute atomic E-state index is 0.124. The van der Waals surface area contributed by atoms with Crippen molar-refractivity contribution in [3.63, 3.8) is 0 Å². The number of hydrogen-bond acceptors (Lipinski definition) is 4. The lowest BCUT2D eigenvalue weighted by Crippen LogP contribution is -2.35. The average Bonchev–Trinajstić information content (AvgIpc) is 2.83. The molecule has 0 spiro atoms. The highest BCUT2D eigenvalue weighted by Crippen LogP contribution is 2.31. The molecule has 154 valence electrons. The van der Waals surface area contributed by atoms with Gasteiger partial charge in [-0.05, 0) is 54.7 Å². The van der Waals surface area contributed by atoms with Crippen LogP contribution >= 0.6 is 0 Å². The molecule has 0 bridgehead atoms. The zero-order chi connectivity index (χ0) is 20.8. The number of carbonyl (C=O) groups excluding carboxylic acids is 1. The predicted octanol–water partition coefficient (Wildman–Crippen LogP) is 4.96. The molecule has 5 nitrogen and oxygen atoms in total. The van der Waals surface area contributed by atoms with Crippen molar-refractivity contribution in [3.8, 4) is 22.8 Å². The predicted molar refractivity (Wildman–Crippen MR) is 117 cm³/mol. The number of hydrogen-bond donors (Lipinski definition) is 0. The van der Waals surface area contributed by atoms with Gasteiger partial charge in [-0.3, -0.25) is 4.79 Å². The van der Waals surface area contributed by atoms with E-state index in [0.29, 0.717) is 12.5 Å². The molecule has 1 aliphatic heterocycles. The molecule has 2 aromatic carbocycles. The third-order valence-electron chi connectivity index (χ3n) is 5.38.